The quantitative estimate of drug-likeness (QED) is 0.895. The van der Waals surface area contributed by atoms with E-state index in [9.17, 15) is 0 Å². The van der Waals surface area contributed by atoms with E-state index in [0.29, 0.717) is 0 Å². The molecule has 4 nitrogen and oxygen atoms in total. The van der Waals surface area contributed by atoms with Crippen LogP contribution in [-0.2, 0) is 7.05 Å². The van der Waals surface area contributed by atoms with E-state index in [1.807, 2.05) is 30.1 Å². The minimum Gasteiger partial charge on any atom is -0.304 e. The molecule has 96 valence electrons. The van der Waals surface area contributed by atoms with Gasteiger partial charge in [0, 0.05) is 17.7 Å². The summed E-state index contributed by atoms with van der Waals surface area (Å²) in [6.45, 7) is 2.94. The molecule has 0 radical (unpaired) electrons. The van der Waals surface area contributed by atoms with Gasteiger partial charge in [-0.25, -0.2) is 0 Å². The lowest BCUT2D eigenvalue weighted by atomic mass is 10.1. The van der Waals surface area contributed by atoms with Crippen molar-refractivity contribution in [3.8, 4) is 0 Å². The predicted molar refractivity (Wildman–Crippen MR) is 78.4 cm³/mol. The number of pyridine rings is 1. The summed E-state index contributed by atoms with van der Waals surface area (Å²) < 4.78 is 3.83. The molecular formula is C12H14Br2N4. The topological polar surface area (TPSA) is 42.7 Å². The monoisotopic (exact) mass is 372 g/mol. The molecule has 1 N–H and O–H groups in total. The van der Waals surface area contributed by atoms with Crippen molar-refractivity contribution in [2.45, 2.75) is 13.0 Å². The van der Waals surface area contributed by atoms with Gasteiger partial charge < -0.3 is 5.32 Å². The van der Waals surface area contributed by atoms with Crippen LogP contribution in [-0.4, -0.2) is 21.3 Å². The Labute approximate surface area is 123 Å². The summed E-state index contributed by atoms with van der Waals surface area (Å²) in [5, 5.41) is 7.69. The van der Waals surface area contributed by atoms with Gasteiger partial charge in [-0.2, -0.15) is 5.10 Å². The minimum atomic E-state index is 0.0324. The van der Waals surface area contributed by atoms with Crippen molar-refractivity contribution in [2.75, 3.05) is 6.54 Å². The fraction of sp³-hybridized carbons (Fsp3) is 0.333. The van der Waals surface area contributed by atoms with Gasteiger partial charge in [0.25, 0.3) is 0 Å². The fourth-order valence-electron chi connectivity index (χ4n) is 1.85. The zero-order chi connectivity index (χ0) is 13.1. The molecule has 6 heteroatoms. The van der Waals surface area contributed by atoms with E-state index in [1.54, 1.807) is 6.20 Å². The number of nitrogens with one attached hydrogen (secondary N) is 1. The molecule has 2 aromatic rings. The minimum absolute atomic E-state index is 0.0324. The first kappa shape index (κ1) is 13.7. The second-order valence-electron chi connectivity index (χ2n) is 3.89. The Balaban J connectivity index is 2.43. The Hall–Kier alpha value is -0.720. The van der Waals surface area contributed by atoms with Crippen LogP contribution in [0.3, 0.4) is 0 Å². The predicted octanol–water partition coefficient (Wildman–Crippen LogP) is 3.04. The molecule has 0 aromatic carbocycles. The van der Waals surface area contributed by atoms with Crippen molar-refractivity contribution in [3.63, 3.8) is 0 Å². The third-order valence-electron chi connectivity index (χ3n) is 2.67. The van der Waals surface area contributed by atoms with Crippen molar-refractivity contribution in [3.05, 3.63) is 44.9 Å². The van der Waals surface area contributed by atoms with Crippen molar-refractivity contribution in [1.82, 2.24) is 20.1 Å². The van der Waals surface area contributed by atoms with E-state index in [4.69, 9.17) is 0 Å². The molecule has 0 aliphatic heterocycles. The van der Waals surface area contributed by atoms with E-state index in [-0.39, 0.29) is 6.04 Å². The maximum atomic E-state index is 4.46. The van der Waals surface area contributed by atoms with Gasteiger partial charge in [-0.05, 0) is 50.5 Å². The van der Waals surface area contributed by atoms with Crippen LogP contribution in [0.15, 0.2) is 33.5 Å². The van der Waals surface area contributed by atoms with Crippen molar-refractivity contribution in [2.24, 2.45) is 7.05 Å². The maximum Gasteiger partial charge on any atom is 0.0933 e. The lowest BCUT2D eigenvalue weighted by molar-refractivity contribution is 0.560. The lowest BCUT2D eigenvalue weighted by Gasteiger charge is -2.18. The van der Waals surface area contributed by atoms with Crippen LogP contribution < -0.4 is 5.32 Å². The Morgan fingerprint density at radius 2 is 2.11 bits per heavy atom. The number of aryl methyl sites for hydroxylation is 1. The molecule has 1 atom stereocenters. The zero-order valence-corrected chi connectivity index (χ0v) is 13.4. The zero-order valence-electron chi connectivity index (χ0n) is 10.2. The average molecular weight is 374 g/mol. The molecule has 2 aromatic heterocycles. The van der Waals surface area contributed by atoms with Gasteiger partial charge >= 0.3 is 0 Å². The highest BCUT2D eigenvalue weighted by molar-refractivity contribution is 9.10. The second-order valence-corrected chi connectivity index (χ2v) is 5.66. The van der Waals surface area contributed by atoms with Gasteiger partial charge in [0.05, 0.1) is 28.1 Å². The summed E-state index contributed by atoms with van der Waals surface area (Å²) in [5.74, 6) is 0. The van der Waals surface area contributed by atoms with Gasteiger partial charge in [0.2, 0.25) is 0 Å². The van der Waals surface area contributed by atoms with Crippen molar-refractivity contribution >= 4 is 31.9 Å². The molecule has 2 rings (SSSR count). The van der Waals surface area contributed by atoms with E-state index in [0.717, 1.165) is 26.9 Å². The molecule has 0 aliphatic rings. The van der Waals surface area contributed by atoms with Crippen LogP contribution in [0.25, 0.3) is 0 Å². The lowest BCUT2D eigenvalue weighted by Crippen LogP contribution is -2.25. The molecular weight excluding hydrogens is 360 g/mol. The second kappa shape index (κ2) is 5.95. The Bertz CT molecular complexity index is 502. The maximum absolute atomic E-state index is 4.46. The van der Waals surface area contributed by atoms with Gasteiger partial charge in [0.15, 0.2) is 0 Å². The van der Waals surface area contributed by atoms with Gasteiger partial charge in [0.1, 0.15) is 0 Å². The number of aromatic nitrogens is 3. The average Bonchev–Trinajstić information content (AvgIpc) is 2.68. The summed E-state index contributed by atoms with van der Waals surface area (Å²) in [4.78, 5) is 4.46. The van der Waals surface area contributed by atoms with E-state index >= 15 is 0 Å². The molecule has 0 saturated carbocycles. The van der Waals surface area contributed by atoms with Crippen LogP contribution in [0.4, 0.5) is 0 Å². The van der Waals surface area contributed by atoms with Crippen LogP contribution in [0, 0.1) is 0 Å². The summed E-state index contributed by atoms with van der Waals surface area (Å²) in [6.07, 6.45) is 3.61. The first-order valence-corrected chi connectivity index (χ1v) is 7.24. The molecule has 0 saturated heterocycles. The van der Waals surface area contributed by atoms with Crippen molar-refractivity contribution in [1.29, 1.82) is 0 Å². The summed E-state index contributed by atoms with van der Waals surface area (Å²) in [6, 6.07) is 4.04. The van der Waals surface area contributed by atoms with Crippen LogP contribution >= 0.6 is 31.9 Å². The molecule has 0 amide bonds. The third-order valence-corrected chi connectivity index (χ3v) is 3.75. The third kappa shape index (κ3) is 2.81. The molecule has 0 spiro atoms. The molecule has 1 unspecified atom stereocenters. The number of rotatable bonds is 4. The van der Waals surface area contributed by atoms with Crippen LogP contribution in [0.5, 0.6) is 0 Å². The smallest absolute Gasteiger partial charge is 0.0933 e. The van der Waals surface area contributed by atoms with E-state index in [2.05, 4.69) is 54.2 Å². The Kier molecular flexibility index (Phi) is 4.53. The molecule has 0 bridgehead atoms. The number of hydrogen-bond acceptors (Lipinski definition) is 3. The van der Waals surface area contributed by atoms with Crippen LogP contribution in [0.2, 0.25) is 0 Å². The molecule has 2 heterocycles. The van der Waals surface area contributed by atoms with Gasteiger partial charge in [-0.3, -0.25) is 9.67 Å². The molecule has 0 aliphatic carbocycles. The SMILES string of the molecule is CCNC(c1ccc(Br)cn1)c1c(Br)cnn1C. The van der Waals surface area contributed by atoms with Crippen LogP contribution in [0.1, 0.15) is 24.4 Å². The number of nitrogens with zero attached hydrogens (tertiary/aromatic N) is 3. The highest BCUT2D eigenvalue weighted by atomic mass is 79.9. The van der Waals surface area contributed by atoms with E-state index in [1.165, 1.54) is 0 Å². The summed E-state index contributed by atoms with van der Waals surface area (Å²) >= 11 is 6.94. The Morgan fingerprint density at radius 1 is 1.33 bits per heavy atom. The van der Waals surface area contributed by atoms with E-state index < -0.39 is 0 Å². The van der Waals surface area contributed by atoms with Gasteiger partial charge in [-0.15, -0.1) is 0 Å². The van der Waals surface area contributed by atoms with Crippen molar-refractivity contribution < 1.29 is 0 Å². The molecule has 18 heavy (non-hydrogen) atoms. The Morgan fingerprint density at radius 3 is 2.61 bits per heavy atom. The summed E-state index contributed by atoms with van der Waals surface area (Å²) in [7, 11) is 1.93. The highest BCUT2D eigenvalue weighted by Crippen LogP contribution is 2.27. The normalized spacial score (nSPS) is 12.7. The standard InChI is InChI=1S/C12H14Br2N4/c1-3-15-11(10-5-4-8(13)6-16-10)12-9(14)7-17-18(12)2/h4-7,11,15H,3H2,1-2H3. The number of hydrogen-bond donors (Lipinski definition) is 1. The first-order valence-electron chi connectivity index (χ1n) is 5.65. The summed E-state index contributed by atoms with van der Waals surface area (Å²) in [5.41, 5.74) is 2.05. The largest absolute Gasteiger partial charge is 0.304 e. The first-order chi connectivity index (χ1) is 8.63. The van der Waals surface area contributed by atoms with Gasteiger partial charge in [-0.1, -0.05) is 6.92 Å². The number of halogens is 2. The highest BCUT2D eigenvalue weighted by Gasteiger charge is 2.20. The fourth-order valence-corrected chi connectivity index (χ4v) is 2.66. The molecule has 0 fully saturated rings.